The molecular weight excluding hydrogens is 692 g/mol. The van der Waals surface area contributed by atoms with Crippen LogP contribution in [0.2, 0.25) is 5.02 Å². The van der Waals surface area contributed by atoms with E-state index in [9.17, 15) is 9.00 Å². The first-order valence-electron chi connectivity index (χ1n) is 19.7. The van der Waals surface area contributed by atoms with E-state index in [1.165, 1.54) is 11.1 Å². The van der Waals surface area contributed by atoms with E-state index < -0.39 is 16.6 Å². The molecule has 2 aliphatic heterocycles. The normalized spacial score (nSPS) is 29.3. The van der Waals surface area contributed by atoms with E-state index in [4.69, 9.17) is 26.8 Å². The minimum atomic E-state index is -1.55. The Bertz CT molecular complexity index is 1550. The average Bonchev–Trinajstić information content (AvgIpc) is 3.28. The maximum absolute atomic E-state index is 13.6. The fourth-order valence-electron chi connectivity index (χ4n) is 8.65. The van der Waals surface area contributed by atoms with E-state index in [-0.39, 0.29) is 23.0 Å². The van der Waals surface area contributed by atoms with Crippen LogP contribution in [0.3, 0.4) is 0 Å². The van der Waals surface area contributed by atoms with Crippen LogP contribution < -0.4 is 20.1 Å². The predicted octanol–water partition coefficient (Wildman–Crippen LogP) is 7.90. The van der Waals surface area contributed by atoms with Gasteiger partial charge in [-0.2, -0.15) is 0 Å². The number of nitrogens with zero attached hydrogens (tertiary/aromatic N) is 2. The Morgan fingerprint density at radius 3 is 2.63 bits per heavy atom. The highest BCUT2D eigenvalue weighted by atomic mass is 35.5. The van der Waals surface area contributed by atoms with Crippen molar-refractivity contribution < 1.29 is 18.5 Å². The van der Waals surface area contributed by atoms with Crippen LogP contribution in [-0.2, 0) is 22.1 Å². The van der Waals surface area contributed by atoms with Crippen molar-refractivity contribution in [3.63, 3.8) is 0 Å². The van der Waals surface area contributed by atoms with E-state index in [1.807, 2.05) is 25.1 Å². The maximum Gasteiger partial charge on any atom is 0.263 e. The SMILES string of the molecule is CCCc1cc(Cl)ccc1C1COc2ccc3cc2N(C1)CC1CCC1[C@@](CCCC(CCN)N(C)C)(OCC)/C=C/CC(C)C(C)S(=O)NC3=O. The topological polar surface area (TPSA) is 97.1 Å². The molecule has 1 aliphatic carbocycles. The monoisotopic (exact) mass is 754 g/mol. The summed E-state index contributed by atoms with van der Waals surface area (Å²) in [5, 5.41) is 0.527. The molecule has 1 fully saturated rings. The molecule has 0 saturated heterocycles. The van der Waals surface area contributed by atoms with Crippen LogP contribution in [0.1, 0.15) is 106 Å². The number of carbonyl (C=O) groups excluding carboxylic acids is 1. The van der Waals surface area contributed by atoms with Gasteiger partial charge in [-0.15, -0.1) is 0 Å². The van der Waals surface area contributed by atoms with E-state index >= 15 is 0 Å². The van der Waals surface area contributed by atoms with E-state index in [1.54, 1.807) is 6.07 Å². The number of halogens is 1. The van der Waals surface area contributed by atoms with Gasteiger partial charge in [0.25, 0.3) is 5.91 Å². The summed E-state index contributed by atoms with van der Waals surface area (Å²) in [5.74, 6) is 1.40. The molecule has 8 nitrogen and oxygen atoms in total. The zero-order valence-electron chi connectivity index (χ0n) is 32.4. The van der Waals surface area contributed by atoms with Crippen LogP contribution in [-0.4, -0.2) is 78.9 Å². The summed E-state index contributed by atoms with van der Waals surface area (Å²) in [4.78, 5) is 18.3. The second kappa shape index (κ2) is 18.7. The lowest BCUT2D eigenvalue weighted by Gasteiger charge is -2.50. The van der Waals surface area contributed by atoms with Gasteiger partial charge in [-0.3, -0.25) is 9.52 Å². The van der Waals surface area contributed by atoms with Crippen LogP contribution >= 0.6 is 11.6 Å². The molecule has 2 aromatic rings. The first-order chi connectivity index (χ1) is 25.0. The Labute approximate surface area is 320 Å². The van der Waals surface area contributed by atoms with Crippen LogP contribution in [0, 0.1) is 17.8 Å². The lowest BCUT2D eigenvalue weighted by molar-refractivity contribution is -0.100. The molecule has 5 rings (SSSR count). The molecule has 2 heterocycles. The fourth-order valence-corrected chi connectivity index (χ4v) is 9.87. The maximum atomic E-state index is 13.6. The van der Waals surface area contributed by atoms with Crippen molar-refractivity contribution in [3.8, 4) is 5.75 Å². The van der Waals surface area contributed by atoms with Crippen LogP contribution in [0.5, 0.6) is 5.75 Å². The molecule has 10 heteroatoms. The van der Waals surface area contributed by atoms with E-state index in [2.05, 4.69) is 73.7 Å². The summed E-state index contributed by atoms with van der Waals surface area (Å²) in [6.45, 7) is 11.8. The van der Waals surface area contributed by atoms with Gasteiger partial charge in [0.05, 0.1) is 23.1 Å². The Morgan fingerprint density at radius 2 is 1.94 bits per heavy atom. The number of amides is 1. The van der Waals surface area contributed by atoms with Gasteiger partial charge in [0.1, 0.15) is 16.7 Å². The number of benzene rings is 2. The van der Waals surface area contributed by atoms with Gasteiger partial charge in [0.2, 0.25) is 0 Å². The molecule has 2 aromatic carbocycles. The Morgan fingerprint density at radius 1 is 1.13 bits per heavy atom. The molecule has 8 atom stereocenters. The summed E-state index contributed by atoms with van der Waals surface area (Å²) in [6.07, 6.45) is 13.6. The average molecular weight is 756 g/mol. The van der Waals surface area contributed by atoms with Gasteiger partial charge in [0, 0.05) is 42.2 Å². The third-order valence-electron chi connectivity index (χ3n) is 12.0. The predicted molar refractivity (Wildman–Crippen MR) is 216 cm³/mol. The van der Waals surface area contributed by atoms with Gasteiger partial charge in [-0.05, 0) is 145 Å². The summed E-state index contributed by atoms with van der Waals surface area (Å²) in [5.41, 5.74) is 9.56. The number of aryl methyl sites for hydroxylation is 1. The number of fused-ring (bicyclic) bond motifs is 2. The van der Waals surface area contributed by atoms with Crippen molar-refractivity contribution in [2.75, 3.05) is 51.8 Å². The number of nitrogens with one attached hydrogen (secondary N) is 1. The van der Waals surface area contributed by atoms with Crippen molar-refractivity contribution >= 4 is 34.2 Å². The second-order valence-corrected chi connectivity index (χ2v) is 17.6. The van der Waals surface area contributed by atoms with Gasteiger partial charge < -0.3 is 25.0 Å². The summed E-state index contributed by atoms with van der Waals surface area (Å²) >= 11 is 6.50. The molecule has 1 amide bonds. The molecule has 7 unspecified atom stereocenters. The lowest BCUT2D eigenvalue weighted by Crippen LogP contribution is -2.52. The smallest absolute Gasteiger partial charge is 0.263 e. The number of allylic oxidation sites excluding steroid dienone is 1. The zero-order chi connectivity index (χ0) is 37.4. The largest absolute Gasteiger partial charge is 0.491 e. The molecule has 1 saturated carbocycles. The molecule has 0 aromatic heterocycles. The third kappa shape index (κ3) is 9.62. The number of hydrogen-bond acceptors (Lipinski definition) is 7. The first kappa shape index (κ1) is 40.7. The van der Waals surface area contributed by atoms with Gasteiger partial charge in [-0.25, -0.2) is 4.21 Å². The third-order valence-corrected chi connectivity index (χ3v) is 13.8. The number of rotatable bonds is 12. The highest BCUT2D eigenvalue weighted by Gasteiger charge is 2.47. The molecule has 0 spiro atoms. The molecular formula is C42H63ClN4O4S. The minimum absolute atomic E-state index is 0.0998. The Balaban J connectivity index is 1.55. The summed E-state index contributed by atoms with van der Waals surface area (Å²) in [7, 11) is 2.76. The number of nitrogens with two attached hydrogens (primary N) is 1. The van der Waals surface area contributed by atoms with E-state index in [0.717, 1.165) is 87.3 Å². The van der Waals surface area contributed by atoms with Gasteiger partial charge >= 0.3 is 0 Å². The van der Waals surface area contributed by atoms with Crippen molar-refractivity contribution in [3.05, 3.63) is 70.3 Å². The van der Waals surface area contributed by atoms with Crippen LogP contribution in [0.15, 0.2) is 48.6 Å². The molecule has 3 aliphatic rings. The first-order valence-corrected chi connectivity index (χ1v) is 21.3. The van der Waals surface area contributed by atoms with Crippen molar-refractivity contribution in [1.29, 1.82) is 0 Å². The number of ether oxygens (including phenoxy) is 2. The summed E-state index contributed by atoms with van der Waals surface area (Å²) in [6, 6.07) is 12.4. The molecule has 3 N–H and O–H groups in total. The van der Waals surface area contributed by atoms with Crippen LogP contribution in [0.4, 0.5) is 5.69 Å². The number of carbonyl (C=O) groups is 1. The molecule has 52 heavy (non-hydrogen) atoms. The summed E-state index contributed by atoms with van der Waals surface area (Å²) < 4.78 is 29.8. The number of hydrogen-bond donors (Lipinski definition) is 2. The molecule has 288 valence electrons. The van der Waals surface area contributed by atoms with Crippen molar-refractivity contribution in [2.45, 2.75) is 108 Å². The van der Waals surface area contributed by atoms with Crippen LogP contribution in [0.25, 0.3) is 0 Å². The molecule has 0 radical (unpaired) electrons. The highest BCUT2D eigenvalue weighted by Crippen LogP contribution is 2.49. The fraction of sp³-hybridized carbons (Fsp3) is 0.643. The molecule has 2 bridgehead atoms. The van der Waals surface area contributed by atoms with Gasteiger partial charge in [-0.1, -0.05) is 50.1 Å². The standard InChI is InChI=1S/C42H63ClN4O4S/c1-7-11-31-24-35(43)16-17-37(31)34-27-47-26-33-14-18-38(33)42(51-8-2,22-10-13-36(20-23-44)46(5)6)21-9-12-29(3)30(4)52(49)45-41(48)32-15-19-40(50-28-34)39(47)25-32/h9,15-17,19,21,24-25,29-30,33-34,36,38H,7-8,10-14,18,20,22-23,26-28,44H2,1-6H3,(H,45,48)/b21-9+/t29?,30?,33?,34?,36?,38?,42-,52?/m1/s1. The van der Waals surface area contributed by atoms with Crippen molar-refractivity contribution in [2.24, 2.45) is 23.5 Å². The van der Waals surface area contributed by atoms with Crippen molar-refractivity contribution in [1.82, 2.24) is 9.62 Å². The Hall–Kier alpha value is -2.43. The second-order valence-electron chi connectivity index (χ2n) is 15.7. The zero-order valence-corrected chi connectivity index (χ0v) is 33.9. The van der Waals surface area contributed by atoms with E-state index in [0.29, 0.717) is 43.2 Å². The van der Waals surface area contributed by atoms with Gasteiger partial charge in [0.15, 0.2) is 0 Å². The lowest BCUT2D eigenvalue weighted by atomic mass is 9.62. The Kier molecular flexibility index (Phi) is 14.7. The number of anilines is 1. The highest BCUT2D eigenvalue weighted by molar-refractivity contribution is 7.84. The minimum Gasteiger partial charge on any atom is -0.491 e. The quantitative estimate of drug-likeness (QED) is 0.213.